The van der Waals surface area contributed by atoms with E-state index >= 15 is 0 Å². The Balaban J connectivity index is 2.13. The second-order valence-electron chi connectivity index (χ2n) is 15.2. The Morgan fingerprint density at radius 1 is 0.720 bits per heavy atom. The lowest BCUT2D eigenvalue weighted by Gasteiger charge is -2.20. The zero-order valence-corrected chi connectivity index (χ0v) is 31.9. The van der Waals surface area contributed by atoms with E-state index in [2.05, 4.69) is 20.8 Å². The van der Waals surface area contributed by atoms with Gasteiger partial charge in [0, 0.05) is 43.9 Å². The summed E-state index contributed by atoms with van der Waals surface area (Å²) in [6, 6.07) is 0. The number of Topliss-reactive ketones (excluding diaryl/α,β-unsaturated/α-hetero) is 1. The monoisotopic (exact) mass is 711 g/mol. The van der Waals surface area contributed by atoms with Gasteiger partial charge in [-0.25, -0.2) is 0 Å². The quantitative estimate of drug-likeness (QED) is 0.0310. The molecule has 1 saturated carbocycles. The molecule has 0 saturated heterocycles. The number of carbonyl (C=O) groups is 3. The van der Waals surface area contributed by atoms with E-state index in [-0.39, 0.29) is 50.4 Å². The van der Waals surface area contributed by atoms with Gasteiger partial charge in [-0.2, -0.15) is 0 Å². The van der Waals surface area contributed by atoms with Crippen LogP contribution in [-0.4, -0.2) is 75.8 Å². The molecule has 0 amide bonds. The number of ketones is 1. The van der Waals surface area contributed by atoms with Gasteiger partial charge < -0.3 is 29.9 Å². The average molecular weight is 711 g/mol. The van der Waals surface area contributed by atoms with Crippen molar-refractivity contribution in [3.05, 3.63) is 12.2 Å². The smallest absolute Gasteiger partial charge is 0.306 e. The molecule has 0 bridgehead atoms. The number of carbonyl (C=O) groups excluding carboxylic acids is 3. The van der Waals surface area contributed by atoms with Crippen molar-refractivity contribution >= 4 is 17.7 Å². The van der Waals surface area contributed by atoms with Gasteiger partial charge in [0.1, 0.15) is 12.4 Å². The fourth-order valence-corrected chi connectivity index (χ4v) is 6.79. The predicted octanol–water partition coefficient (Wildman–Crippen LogP) is 7.93. The summed E-state index contributed by atoms with van der Waals surface area (Å²) in [7, 11) is 0. The molecule has 6 atom stereocenters. The Bertz CT molecular complexity index is 904. The third-order valence-electron chi connectivity index (χ3n) is 9.97. The molecule has 0 aromatic rings. The maximum atomic E-state index is 12.7. The second-order valence-corrected chi connectivity index (χ2v) is 15.2. The Labute approximate surface area is 304 Å². The second kappa shape index (κ2) is 29.7. The Morgan fingerprint density at radius 2 is 1.26 bits per heavy atom. The highest BCUT2D eigenvalue weighted by Crippen LogP contribution is 2.36. The van der Waals surface area contributed by atoms with Crippen LogP contribution in [0.5, 0.6) is 0 Å². The number of esters is 2. The first-order valence-electron chi connectivity index (χ1n) is 20.3. The van der Waals surface area contributed by atoms with Gasteiger partial charge in [-0.3, -0.25) is 14.4 Å². The van der Waals surface area contributed by atoms with Crippen LogP contribution in [0.4, 0.5) is 0 Å². The van der Waals surface area contributed by atoms with Gasteiger partial charge >= 0.3 is 11.9 Å². The molecule has 1 aliphatic rings. The molecule has 0 unspecified atom stereocenters. The molecule has 0 aliphatic heterocycles. The molecule has 0 spiro atoms. The summed E-state index contributed by atoms with van der Waals surface area (Å²) in [5.41, 5.74) is 0. The largest absolute Gasteiger partial charge is 0.462 e. The van der Waals surface area contributed by atoms with Gasteiger partial charge in [0.15, 0.2) is 6.10 Å². The van der Waals surface area contributed by atoms with Crippen molar-refractivity contribution in [3.63, 3.8) is 0 Å². The van der Waals surface area contributed by atoms with Gasteiger partial charge in [0.05, 0.1) is 24.9 Å². The molecule has 9 nitrogen and oxygen atoms in total. The summed E-state index contributed by atoms with van der Waals surface area (Å²) in [5.74, 6) is -0.892. The molecule has 1 aliphatic carbocycles. The lowest BCUT2D eigenvalue weighted by atomic mass is 9.87. The highest BCUT2D eigenvalue weighted by molar-refractivity contribution is 5.79. The van der Waals surface area contributed by atoms with Crippen molar-refractivity contribution in [2.45, 2.75) is 199 Å². The van der Waals surface area contributed by atoms with Crippen LogP contribution in [0.15, 0.2) is 12.2 Å². The van der Waals surface area contributed by atoms with Crippen molar-refractivity contribution in [1.82, 2.24) is 0 Å². The zero-order valence-electron chi connectivity index (χ0n) is 31.9. The molecule has 50 heavy (non-hydrogen) atoms. The van der Waals surface area contributed by atoms with Crippen LogP contribution in [0, 0.1) is 17.8 Å². The summed E-state index contributed by atoms with van der Waals surface area (Å²) >= 11 is 0. The molecule has 0 aromatic carbocycles. The number of unbranched alkanes of at least 4 members (excludes halogenated alkanes) is 14. The van der Waals surface area contributed by atoms with Crippen molar-refractivity contribution in [2.24, 2.45) is 17.8 Å². The summed E-state index contributed by atoms with van der Waals surface area (Å²) in [6.45, 7) is 6.04. The maximum absolute atomic E-state index is 12.7. The van der Waals surface area contributed by atoms with E-state index in [1.54, 1.807) is 12.2 Å². The lowest BCUT2D eigenvalue weighted by Crippen LogP contribution is -2.28. The molecule has 0 heterocycles. The third-order valence-corrected chi connectivity index (χ3v) is 9.97. The summed E-state index contributed by atoms with van der Waals surface area (Å²) < 4.78 is 10.5. The minimum atomic E-state index is -0.893. The zero-order chi connectivity index (χ0) is 37.0. The normalized spacial score (nSPS) is 20.4. The van der Waals surface area contributed by atoms with Crippen molar-refractivity contribution in [2.75, 3.05) is 13.2 Å². The number of hydrogen-bond acceptors (Lipinski definition) is 9. The van der Waals surface area contributed by atoms with E-state index in [4.69, 9.17) is 9.47 Å². The summed E-state index contributed by atoms with van der Waals surface area (Å²) in [6.07, 6.45) is 21.9. The predicted molar refractivity (Wildman–Crippen MR) is 198 cm³/mol. The van der Waals surface area contributed by atoms with Gasteiger partial charge in [-0.1, -0.05) is 129 Å². The Kier molecular flexibility index (Phi) is 27.5. The van der Waals surface area contributed by atoms with Gasteiger partial charge in [0.2, 0.25) is 0 Å². The minimum Gasteiger partial charge on any atom is -0.462 e. The SMILES string of the molecule is CCCCC[C@H](O)/C=C/[C@@H]1[C@@H](CC(=O)CCCCC(=O)OC[C@H](CO)OC(=O)CCCCCCCCCCCCCCC(C)C)[C@@H](O)C[C@H]1O. The lowest BCUT2D eigenvalue weighted by molar-refractivity contribution is -0.161. The highest BCUT2D eigenvalue weighted by atomic mass is 16.6. The van der Waals surface area contributed by atoms with E-state index in [0.29, 0.717) is 19.3 Å². The van der Waals surface area contributed by atoms with E-state index in [9.17, 15) is 34.8 Å². The van der Waals surface area contributed by atoms with E-state index in [0.717, 1.165) is 44.4 Å². The molecule has 0 radical (unpaired) electrons. The molecule has 1 fully saturated rings. The van der Waals surface area contributed by atoms with Crippen LogP contribution >= 0.6 is 0 Å². The summed E-state index contributed by atoms with van der Waals surface area (Å²) in [5, 5.41) is 40.7. The fourth-order valence-electron chi connectivity index (χ4n) is 6.79. The van der Waals surface area contributed by atoms with Crippen LogP contribution in [0.25, 0.3) is 0 Å². The Morgan fingerprint density at radius 3 is 1.86 bits per heavy atom. The van der Waals surface area contributed by atoms with Gasteiger partial charge in [-0.15, -0.1) is 0 Å². The standard InChI is InChI=1S/C41H74O9/c1-4-5-16-22-33(43)26-27-36-37(39(46)29-38(36)45)28-34(44)23-19-20-24-40(47)49-31-35(30-42)50-41(48)25-18-15-13-11-9-7-6-8-10-12-14-17-21-32(2)3/h26-27,32-33,35-39,42-43,45-46H,4-25,28-31H2,1-3H3/b27-26+/t33-,35-,36+,37+,38+,39-/m0/s1. The fraction of sp³-hybridized carbons (Fsp3) is 0.878. The first-order valence-corrected chi connectivity index (χ1v) is 20.3. The molecule has 1 rings (SSSR count). The van der Waals surface area contributed by atoms with Gasteiger partial charge in [-0.05, 0) is 31.6 Å². The first kappa shape index (κ1) is 46.2. The van der Waals surface area contributed by atoms with Crippen LogP contribution in [0.3, 0.4) is 0 Å². The van der Waals surface area contributed by atoms with Gasteiger partial charge in [0.25, 0.3) is 0 Å². The van der Waals surface area contributed by atoms with E-state index in [1.807, 2.05) is 0 Å². The first-order chi connectivity index (χ1) is 24.1. The minimum absolute atomic E-state index is 0.0424. The van der Waals surface area contributed by atoms with Crippen molar-refractivity contribution in [1.29, 1.82) is 0 Å². The number of hydrogen-bond donors (Lipinski definition) is 4. The van der Waals surface area contributed by atoms with E-state index in [1.165, 1.54) is 64.2 Å². The van der Waals surface area contributed by atoms with Crippen LogP contribution in [0.2, 0.25) is 0 Å². The third kappa shape index (κ3) is 23.6. The highest BCUT2D eigenvalue weighted by Gasteiger charge is 2.41. The number of aliphatic hydroxyl groups excluding tert-OH is 4. The average Bonchev–Trinajstić information content (AvgIpc) is 3.34. The number of aliphatic hydroxyl groups is 4. The molecular weight excluding hydrogens is 636 g/mol. The molecule has 292 valence electrons. The topological polar surface area (TPSA) is 151 Å². The molecule has 0 aromatic heterocycles. The molecular formula is C41H74O9. The van der Waals surface area contributed by atoms with Crippen molar-refractivity contribution < 1.29 is 44.3 Å². The van der Waals surface area contributed by atoms with Crippen LogP contribution in [0.1, 0.15) is 175 Å². The maximum Gasteiger partial charge on any atom is 0.306 e. The van der Waals surface area contributed by atoms with Crippen LogP contribution < -0.4 is 0 Å². The number of ether oxygens (including phenoxy) is 2. The molecule has 9 heteroatoms. The molecule has 4 N–H and O–H groups in total. The van der Waals surface area contributed by atoms with E-state index < -0.39 is 48.9 Å². The summed E-state index contributed by atoms with van der Waals surface area (Å²) in [4.78, 5) is 37.1. The number of rotatable bonds is 32. The van der Waals surface area contributed by atoms with Crippen molar-refractivity contribution in [3.8, 4) is 0 Å². The Hall–Kier alpha value is -1.81. The van der Waals surface area contributed by atoms with Crippen LogP contribution in [-0.2, 0) is 23.9 Å².